The lowest BCUT2D eigenvalue weighted by molar-refractivity contribution is -0.191. The van der Waals surface area contributed by atoms with Crippen LogP contribution in [0.15, 0.2) is 179 Å². The van der Waals surface area contributed by atoms with E-state index in [4.69, 9.17) is 47.9 Å². The number of methoxy groups -OCH3 is 2. The Morgan fingerprint density at radius 3 is 1.07 bits per heavy atom. The number of aromatic nitrogens is 2. The molecule has 0 radical (unpaired) electrons. The average Bonchev–Trinajstić information content (AvgIpc) is 1.37. The summed E-state index contributed by atoms with van der Waals surface area (Å²) >= 11 is 4.24. The van der Waals surface area contributed by atoms with Gasteiger partial charge in [-0.15, -0.1) is 45.3 Å². The van der Waals surface area contributed by atoms with Crippen molar-refractivity contribution in [2.24, 2.45) is 21.8 Å². The van der Waals surface area contributed by atoms with E-state index in [-0.39, 0.29) is 90.6 Å². The second-order valence-corrected chi connectivity index (χ2v) is 24.0. The number of rotatable bonds is 18. The first kappa shape index (κ1) is 59.2. The largest absolute Gasteiger partial charge is 0.495 e. The molecule has 0 bridgehead atoms. The van der Waals surface area contributed by atoms with Crippen LogP contribution in [0.4, 0.5) is 10.0 Å². The van der Waals surface area contributed by atoms with Crippen molar-refractivity contribution in [3.63, 3.8) is 0 Å². The van der Waals surface area contributed by atoms with Gasteiger partial charge in [-0.1, -0.05) is 133 Å². The van der Waals surface area contributed by atoms with Gasteiger partial charge in [-0.3, -0.25) is 0 Å². The minimum Gasteiger partial charge on any atom is -0.495 e. The normalized spacial score (nSPS) is 15.7. The van der Waals surface area contributed by atoms with Gasteiger partial charge in [0.25, 0.3) is 0 Å². The van der Waals surface area contributed by atoms with E-state index in [2.05, 4.69) is 9.98 Å². The quantitative estimate of drug-likeness (QED) is 0.0334. The first-order valence-electron chi connectivity index (χ1n) is 27.2. The van der Waals surface area contributed by atoms with Gasteiger partial charge in [0.1, 0.15) is 115 Å². The number of aliphatic imine (C=N–C) groups is 2. The molecule has 8 aromatic rings. The second-order valence-electron chi connectivity index (χ2n) is 19.9. The zero-order valence-corrected chi connectivity index (χ0v) is 50.4. The summed E-state index contributed by atoms with van der Waals surface area (Å²) in [5, 5.41) is 39.3. The Morgan fingerprint density at radius 2 is 0.778 bits per heavy atom. The number of allylic oxidation sites excluding steroid dienone is 6. The van der Waals surface area contributed by atoms with Crippen molar-refractivity contribution in [1.82, 2.24) is 9.97 Å². The van der Waals surface area contributed by atoms with E-state index in [0.29, 0.717) is 43.2 Å². The molecule has 0 saturated heterocycles. The number of thiazole rings is 2. The number of carbonyl (C=O) groups excluding carboxylic acids is 4. The third kappa shape index (κ3) is 11.2. The van der Waals surface area contributed by atoms with Crippen LogP contribution >= 0.6 is 45.3 Å². The van der Waals surface area contributed by atoms with E-state index >= 15 is 19.2 Å². The topological polar surface area (TPSA) is 288 Å². The standard InChI is InChI=1S/C66H42N8O12S4/c1-79-49-27-51(71-43(29-67)30-68)87-55(49)59-73-57-53(89-59)45-23-41-26-48-46(24-42(41)25-47(45)85-65(57,61(75)81-33-37-15-7-3-8-16-37)62(76)82-34-38-17-9-4-10-18-38)54-58(74-60(90-54)56-50(80-2)28-52(88-56)72-44(31-69)32-70)66(86-48,63(77)83-35-39-19-11-5-12-20-39)64(78)84-36-40-21-13-6-14-22-40/h3-28,41-42H,33-36H2,1-2H3. The molecule has 4 aromatic carbocycles. The highest BCUT2D eigenvalue weighted by atomic mass is 32.1. The number of carbonyl (C=O) groups is 4. The molecule has 0 saturated carbocycles. The van der Waals surface area contributed by atoms with Crippen LogP contribution in [0.25, 0.3) is 30.9 Å². The molecule has 2 aliphatic carbocycles. The van der Waals surface area contributed by atoms with Crippen molar-refractivity contribution >= 4 is 102 Å². The molecule has 4 aliphatic rings. The number of nitrogens with zero attached hydrogens (tertiary/aromatic N) is 8. The van der Waals surface area contributed by atoms with E-state index in [1.165, 1.54) is 26.4 Å². The third-order valence-corrected chi connectivity index (χ3v) is 18.9. The second kappa shape index (κ2) is 25.3. The smallest absolute Gasteiger partial charge is 0.369 e. The van der Waals surface area contributed by atoms with Crippen LogP contribution in [-0.4, -0.2) is 59.5 Å². The van der Waals surface area contributed by atoms with Gasteiger partial charge in [0, 0.05) is 35.1 Å². The van der Waals surface area contributed by atoms with Gasteiger partial charge >= 0.3 is 35.1 Å². The van der Waals surface area contributed by atoms with Gasteiger partial charge < -0.3 is 37.9 Å². The van der Waals surface area contributed by atoms with Crippen molar-refractivity contribution in [1.29, 1.82) is 21.0 Å². The van der Waals surface area contributed by atoms with Crippen molar-refractivity contribution in [2.45, 2.75) is 37.6 Å². The van der Waals surface area contributed by atoms with Crippen LogP contribution in [0, 0.1) is 57.2 Å². The lowest BCUT2D eigenvalue weighted by atomic mass is 9.76. The summed E-state index contributed by atoms with van der Waals surface area (Å²) in [4.78, 5) is 81.1. The molecule has 12 rings (SSSR count). The van der Waals surface area contributed by atoms with E-state index in [0.717, 1.165) is 45.3 Å². The fraction of sp³-hybridized carbons (Fsp3) is 0.152. The fourth-order valence-corrected chi connectivity index (χ4v) is 14.6. The first-order valence-corrected chi connectivity index (χ1v) is 30.4. The molecular formula is C66H42N8O12S4. The summed E-state index contributed by atoms with van der Waals surface area (Å²) in [5.74, 6) is -5.31. The summed E-state index contributed by atoms with van der Waals surface area (Å²) in [6.45, 7) is -1.10. The molecule has 24 heteroatoms. The maximum absolute atomic E-state index is 15.3. The number of esters is 4. The number of hydrogen-bond acceptors (Lipinski definition) is 24. The van der Waals surface area contributed by atoms with Gasteiger partial charge in [0.05, 0.1) is 24.0 Å². The third-order valence-electron chi connectivity index (χ3n) is 14.4. The molecule has 2 unspecified atom stereocenters. The predicted octanol–water partition coefficient (Wildman–Crippen LogP) is 12.2. The van der Waals surface area contributed by atoms with Gasteiger partial charge in [0.15, 0.2) is 0 Å². The highest BCUT2D eigenvalue weighted by Gasteiger charge is 2.63. The zero-order valence-electron chi connectivity index (χ0n) is 47.1. The van der Waals surface area contributed by atoms with Crippen molar-refractivity contribution in [3.05, 3.63) is 213 Å². The molecule has 2 atom stereocenters. The van der Waals surface area contributed by atoms with Crippen molar-refractivity contribution in [3.8, 4) is 55.5 Å². The fourth-order valence-electron chi connectivity index (χ4n) is 10.1. The maximum atomic E-state index is 15.3. The number of ether oxygens (including phenoxy) is 8. The molecule has 4 aromatic heterocycles. The molecule has 0 fully saturated rings. The Morgan fingerprint density at radius 1 is 0.467 bits per heavy atom. The van der Waals surface area contributed by atoms with Crippen LogP contribution in [0.1, 0.15) is 43.4 Å². The van der Waals surface area contributed by atoms with Crippen molar-refractivity contribution in [2.75, 3.05) is 14.2 Å². The molecule has 0 spiro atoms. The number of hydrogen-bond donors (Lipinski definition) is 0. The Hall–Kier alpha value is -11.1. The molecule has 90 heavy (non-hydrogen) atoms. The molecule has 20 nitrogen and oxygen atoms in total. The molecule has 0 amide bonds. The van der Waals surface area contributed by atoms with Crippen molar-refractivity contribution < 1.29 is 57.1 Å². The summed E-state index contributed by atoms with van der Waals surface area (Å²) in [5.41, 5.74) is -3.45. The van der Waals surface area contributed by atoms with Gasteiger partial charge in [-0.05, 0) is 34.4 Å². The Labute approximate surface area is 528 Å². The monoisotopic (exact) mass is 1270 g/mol. The number of nitriles is 4. The predicted molar refractivity (Wildman–Crippen MR) is 330 cm³/mol. The Balaban J connectivity index is 1.04. The van der Waals surface area contributed by atoms with Crippen LogP contribution < -0.4 is 9.47 Å². The molecule has 0 N–H and O–H groups in total. The number of fused-ring (bicyclic) bond motifs is 7. The van der Waals surface area contributed by atoms with Gasteiger partial charge in [-0.25, -0.2) is 39.1 Å². The minimum absolute atomic E-state index is 0.0628. The summed E-state index contributed by atoms with van der Waals surface area (Å²) in [6.07, 6.45) is 7.13. The van der Waals surface area contributed by atoms with E-state index in [1.807, 2.05) is 12.2 Å². The Kier molecular flexibility index (Phi) is 16.6. The summed E-state index contributed by atoms with van der Waals surface area (Å²) in [6, 6.07) is 45.5. The van der Waals surface area contributed by atoms with Crippen LogP contribution in [0.2, 0.25) is 0 Å². The lowest BCUT2D eigenvalue weighted by Gasteiger charge is -2.40. The minimum atomic E-state index is -2.72. The van der Waals surface area contributed by atoms with Crippen LogP contribution in [0.3, 0.4) is 0 Å². The van der Waals surface area contributed by atoms with E-state index < -0.39 is 58.3 Å². The highest BCUT2D eigenvalue weighted by Crippen LogP contribution is 2.58. The van der Waals surface area contributed by atoms with Gasteiger partial charge in [0.2, 0.25) is 11.4 Å². The molecule has 2 aliphatic heterocycles. The Bertz CT molecular complexity index is 4140. The van der Waals surface area contributed by atoms with Crippen LogP contribution in [-0.2, 0) is 85.2 Å². The molecular weight excluding hydrogens is 1230 g/mol. The van der Waals surface area contributed by atoms with Gasteiger partial charge in [-0.2, -0.15) is 21.0 Å². The molecule has 6 heterocycles. The number of benzene rings is 4. The first-order chi connectivity index (χ1) is 43.9. The lowest BCUT2D eigenvalue weighted by Crippen LogP contribution is -2.51. The average molecular weight is 1270 g/mol. The van der Waals surface area contributed by atoms with Crippen LogP contribution in [0.5, 0.6) is 11.5 Å². The summed E-state index contributed by atoms with van der Waals surface area (Å²) < 4.78 is 49.6. The summed E-state index contributed by atoms with van der Waals surface area (Å²) in [7, 11) is 2.83. The zero-order chi connectivity index (χ0) is 62.5. The highest BCUT2D eigenvalue weighted by molar-refractivity contribution is 7.25. The SMILES string of the molecule is COc1cc(N=C(C#N)C#N)sc1-c1nc2c(s1)C1=CC3C=C4OC(C(=O)OCc5ccccc5)(C(=O)OCc5ccccc5)c5nc(-c6sc(N=C(C#N)C#N)cc6OC)sc5C4=CC3C=C1OC2(C(=O)OCc1ccccc1)C(=O)OCc1ccccc1. The van der Waals surface area contributed by atoms with E-state index in [9.17, 15) is 21.0 Å². The maximum Gasteiger partial charge on any atom is 0.369 e. The van der Waals surface area contributed by atoms with E-state index in [1.54, 1.807) is 158 Å². The number of thiophene rings is 2. The molecule has 442 valence electrons.